The van der Waals surface area contributed by atoms with Gasteiger partial charge in [0.05, 0.1) is 12.2 Å². The molecule has 116 valence electrons. The molecule has 0 radical (unpaired) electrons. The van der Waals surface area contributed by atoms with Crippen molar-refractivity contribution < 1.29 is 14.3 Å². The molecular weight excluding hydrogens is 282 g/mol. The second-order valence-electron chi connectivity index (χ2n) is 5.59. The average molecular weight is 301 g/mol. The molecule has 2 aromatic rings. The van der Waals surface area contributed by atoms with Crippen LogP contribution in [0.1, 0.15) is 42.1 Å². The standard InChI is InChI=1S/C17H19NO4/c1-3-22-16(20)13-9-11-5-6-12(10-14(11)18-15(13)19)17(21-2)7-4-8-17/h5-6,9-10H,3-4,7-8H2,1-2H3,(H,18,19). The summed E-state index contributed by atoms with van der Waals surface area (Å²) in [6.07, 6.45) is 3.12. The average Bonchev–Trinajstić information content (AvgIpc) is 2.46. The maximum Gasteiger partial charge on any atom is 0.343 e. The molecule has 5 heteroatoms. The predicted molar refractivity (Wildman–Crippen MR) is 83.1 cm³/mol. The number of esters is 1. The van der Waals surface area contributed by atoms with E-state index in [1.165, 1.54) is 0 Å². The Hall–Kier alpha value is -2.14. The van der Waals surface area contributed by atoms with Crippen LogP contribution in [0.15, 0.2) is 29.1 Å². The number of carbonyl (C=O) groups excluding carboxylic acids is 1. The van der Waals surface area contributed by atoms with Crippen LogP contribution in [-0.2, 0) is 15.1 Å². The Morgan fingerprint density at radius 2 is 2.09 bits per heavy atom. The smallest absolute Gasteiger partial charge is 0.343 e. The Bertz CT molecular complexity index is 768. The van der Waals surface area contributed by atoms with Crippen molar-refractivity contribution in [1.82, 2.24) is 4.98 Å². The zero-order valence-electron chi connectivity index (χ0n) is 12.8. The van der Waals surface area contributed by atoms with E-state index in [0.29, 0.717) is 5.52 Å². The fraction of sp³-hybridized carbons (Fsp3) is 0.412. The van der Waals surface area contributed by atoms with Gasteiger partial charge in [-0.25, -0.2) is 4.79 Å². The third-order valence-electron chi connectivity index (χ3n) is 4.42. The van der Waals surface area contributed by atoms with Gasteiger partial charge in [0.15, 0.2) is 0 Å². The Balaban J connectivity index is 2.06. The van der Waals surface area contributed by atoms with Gasteiger partial charge in [-0.3, -0.25) is 4.79 Å². The van der Waals surface area contributed by atoms with Crippen LogP contribution in [0, 0.1) is 0 Å². The summed E-state index contributed by atoms with van der Waals surface area (Å²) in [4.78, 5) is 26.6. The highest BCUT2D eigenvalue weighted by Gasteiger charge is 2.38. The molecule has 22 heavy (non-hydrogen) atoms. The summed E-state index contributed by atoms with van der Waals surface area (Å²) in [6.45, 7) is 1.95. The molecule has 1 aromatic carbocycles. The Kier molecular flexibility index (Phi) is 3.74. The van der Waals surface area contributed by atoms with Crippen molar-refractivity contribution in [2.45, 2.75) is 31.8 Å². The minimum atomic E-state index is -0.595. The van der Waals surface area contributed by atoms with Gasteiger partial charge in [-0.2, -0.15) is 0 Å². The fourth-order valence-electron chi connectivity index (χ4n) is 2.95. The lowest BCUT2D eigenvalue weighted by Gasteiger charge is -2.41. The highest BCUT2D eigenvalue weighted by atomic mass is 16.5. The first kappa shape index (κ1) is 14.8. The highest BCUT2D eigenvalue weighted by Crippen LogP contribution is 2.44. The van der Waals surface area contributed by atoms with Gasteiger partial charge < -0.3 is 14.5 Å². The van der Waals surface area contributed by atoms with Crippen molar-refractivity contribution in [2.75, 3.05) is 13.7 Å². The highest BCUT2D eigenvalue weighted by molar-refractivity contribution is 5.93. The van der Waals surface area contributed by atoms with Gasteiger partial charge in [-0.15, -0.1) is 0 Å². The number of ether oxygens (including phenoxy) is 2. The molecule has 1 fully saturated rings. The van der Waals surface area contributed by atoms with Gasteiger partial charge in [-0.1, -0.05) is 12.1 Å². The molecule has 1 heterocycles. The third kappa shape index (κ3) is 2.31. The third-order valence-corrected chi connectivity index (χ3v) is 4.42. The van der Waals surface area contributed by atoms with E-state index >= 15 is 0 Å². The summed E-state index contributed by atoms with van der Waals surface area (Å²) in [5.74, 6) is -0.595. The van der Waals surface area contributed by atoms with Crippen LogP contribution in [0.3, 0.4) is 0 Å². The minimum Gasteiger partial charge on any atom is -0.462 e. The first-order chi connectivity index (χ1) is 10.6. The normalized spacial score (nSPS) is 16.3. The molecule has 0 spiro atoms. The van der Waals surface area contributed by atoms with Crippen molar-refractivity contribution in [2.24, 2.45) is 0 Å². The van der Waals surface area contributed by atoms with Crippen LogP contribution in [0.5, 0.6) is 0 Å². The summed E-state index contributed by atoms with van der Waals surface area (Å²) < 4.78 is 10.6. The quantitative estimate of drug-likeness (QED) is 0.882. The van der Waals surface area contributed by atoms with E-state index in [0.717, 1.165) is 30.2 Å². The van der Waals surface area contributed by atoms with Gasteiger partial charge in [-0.05, 0) is 49.3 Å². The number of carbonyl (C=O) groups is 1. The lowest BCUT2D eigenvalue weighted by Crippen LogP contribution is -2.36. The number of hydrogen-bond acceptors (Lipinski definition) is 4. The first-order valence-corrected chi connectivity index (χ1v) is 7.49. The Morgan fingerprint density at radius 3 is 2.68 bits per heavy atom. The molecule has 1 aliphatic rings. The predicted octanol–water partition coefficient (Wildman–Crippen LogP) is 2.73. The number of rotatable bonds is 4. The maximum absolute atomic E-state index is 12.1. The second kappa shape index (κ2) is 5.57. The van der Waals surface area contributed by atoms with Crippen LogP contribution < -0.4 is 5.56 Å². The molecule has 0 saturated heterocycles. The van der Waals surface area contributed by atoms with Crippen LogP contribution in [0.25, 0.3) is 10.9 Å². The molecule has 1 aromatic heterocycles. The summed E-state index contributed by atoms with van der Waals surface area (Å²) >= 11 is 0. The van der Waals surface area contributed by atoms with E-state index in [9.17, 15) is 9.59 Å². The summed E-state index contributed by atoms with van der Waals surface area (Å²) in [7, 11) is 1.72. The Morgan fingerprint density at radius 1 is 1.32 bits per heavy atom. The number of methoxy groups -OCH3 is 1. The van der Waals surface area contributed by atoms with Crippen LogP contribution >= 0.6 is 0 Å². The zero-order valence-corrected chi connectivity index (χ0v) is 12.8. The molecule has 0 unspecified atom stereocenters. The van der Waals surface area contributed by atoms with Gasteiger partial charge in [0, 0.05) is 12.6 Å². The maximum atomic E-state index is 12.1. The Labute approximate surface area is 128 Å². The van der Waals surface area contributed by atoms with Crippen LogP contribution in [0.2, 0.25) is 0 Å². The number of benzene rings is 1. The van der Waals surface area contributed by atoms with Crippen molar-refractivity contribution >= 4 is 16.9 Å². The van der Waals surface area contributed by atoms with E-state index in [2.05, 4.69) is 4.98 Å². The summed E-state index contributed by atoms with van der Waals surface area (Å²) in [5, 5.41) is 0.803. The van der Waals surface area contributed by atoms with E-state index in [-0.39, 0.29) is 17.8 Å². The summed E-state index contributed by atoms with van der Waals surface area (Å²) in [6, 6.07) is 7.42. The first-order valence-electron chi connectivity index (χ1n) is 7.49. The molecule has 0 amide bonds. The molecule has 1 N–H and O–H groups in total. The minimum absolute atomic E-state index is 0.0344. The molecule has 5 nitrogen and oxygen atoms in total. The van der Waals surface area contributed by atoms with Crippen molar-refractivity contribution in [1.29, 1.82) is 0 Å². The number of pyridine rings is 1. The lowest BCUT2D eigenvalue weighted by molar-refractivity contribution is -0.0777. The number of fused-ring (bicyclic) bond motifs is 1. The molecular formula is C17H19NO4. The number of aromatic amines is 1. The largest absolute Gasteiger partial charge is 0.462 e. The monoisotopic (exact) mass is 301 g/mol. The van der Waals surface area contributed by atoms with Gasteiger partial charge in [0.2, 0.25) is 0 Å². The van der Waals surface area contributed by atoms with Gasteiger partial charge >= 0.3 is 5.97 Å². The molecule has 1 saturated carbocycles. The van der Waals surface area contributed by atoms with Crippen molar-refractivity contribution in [3.8, 4) is 0 Å². The van der Waals surface area contributed by atoms with E-state index in [4.69, 9.17) is 9.47 Å². The second-order valence-corrected chi connectivity index (χ2v) is 5.59. The van der Waals surface area contributed by atoms with Gasteiger partial charge in [0.25, 0.3) is 5.56 Å². The number of aromatic nitrogens is 1. The zero-order chi connectivity index (χ0) is 15.7. The molecule has 1 aliphatic carbocycles. The molecule has 0 aliphatic heterocycles. The topological polar surface area (TPSA) is 68.4 Å². The van der Waals surface area contributed by atoms with Crippen molar-refractivity contribution in [3.63, 3.8) is 0 Å². The van der Waals surface area contributed by atoms with E-state index < -0.39 is 11.5 Å². The molecule has 0 bridgehead atoms. The van der Waals surface area contributed by atoms with E-state index in [1.807, 2.05) is 18.2 Å². The number of nitrogens with one attached hydrogen (secondary N) is 1. The SMILES string of the molecule is CCOC(=O)c1cc2ccc(C3(OC)CCC3)cc2[nH]c1=O. The van der Waals surface area contributed by atoms with Gasteiger partial charge in [0.1, 0.15) is 5.56 Å². The van der Waals surface area contributed by atoms with Crippen molar-refractivity contribution in [3.05, 3.63) is 45.7 Å². The fourth-order valence-corrected chi connectivity index (χ4v) is 2.95. The lowest BCUT2D eigenvalue weighted by atomic mass is 9.74. The molecule has 0 atom stereocenters. The van der Waals surface area contributed by atoms with E-state index in [1.54, 1.807) is 20.1 Å². The number of H-pyrrole nitrogens is 1. The summed E-state index contributed by atoms with van der Waals surface area (Å²) in [5.41, 5.74) is 1.15. The molecule has 3 rings (SSSR count). The van der Waals surface area contributed by atoms with Crippen LogP contribution in [-0.4, -0.2) is 24.7 Å². The number of hydrogen-bond donors (Lipinski definition) is 1. The van der Waals surface area contributed by atoms with Crippen LogP contribution in [0.4, 0.5) is 0 Å².